The van der Waals surface area contributed by atoms with Gasteiger partial charge in [0.1, 0.15) is 0 Å². The Labute approximate surface area is 76.3 Å². The van der Waals surface area contributed by atoms with E-state index in [2.05, 4.69) is 0 Å². The average molecular weight is 188 g/mol. The van der Waals surface area contributed by atoms with Crippen molar-refractivity contribution in [2.45, 2.75) is 12.5 Å². The van der Waals surface area contributed by atoms with Crippen LogP contribution in [0.25, 0.3) is 0 Å². The monoisotopic (exact) mass is 187 g/mol. The molecular weight excluding hydrogens is 177 g/mol. The van der Waals surface area contributed by atoms with Crippen molar-refractivity contribution in [3.05, 3.63) is 34.9 Å². The first-order chi connectivity index (χ1) is 5.75. The zero-order valence-electron chi connectivity index (χ0n) is 6.63. The van der Waals surface area contributed by atoms with Crippen LogP contribution in [0.5, 0.6) is 0 Å². The Morgan fingerprint density at radius 1 is 1.42 bits per heavy atom. The first kappa shape index (κ1) is 9.49. The van der Waals surface area contributed by atoms with E-state index in [0.29, 0.717) is 11.4 Å². The molecule has 0 aliphatic heterocycles. The Bertz CT molecular complexity index is 252. The van der Waals surface area contributed by atoms with Gasteiger partial charge in [0.05, 0.1) is 6.67 Å². The quantitative estimate of drug-likeness (QED) is 0.774. The van der Waals surface area contributed by atoms with Gasteiger partial charge in [-0.05, 0) is 18.1 Å². The number of nitrogens with two attached hydrogens (primary N) is 1. The maximum atomic E-state index is 11.9. The molecule has 0 aliphatic carbocycles. The second-order valence-electron chi connectivity index (χ2n) is 2.61. The largest absolute Gasteiger partial charge is 0.324 e. The van der Waals surface area contributed by atoms with E-state index < -0.39 is 6.67 Å². The smallest absolute Gasteiger partial charge is 0.0912 e. The Balaban J connectivity index is 2.79. The van der Waals surface area contributed by atoms with E-state index in [4.69, 9.17) is 17.3 Å². The van der Waals surface area contributed by atoms with Crippen LogP contribution in [0.3, 0.4) is 0 Å². The van der Waals surface area contributed by atoms with E-state index in [1.807, 2.05) is 18.2 Å². The van der Waals surface area contributed by atoms with Crippen molar-refractivity contribution in [3.63, 3.8) is 0 Å². The summed E-state index contributed by atoms with van der Waals surface area (Å²) in [6.07, 6.45) is 0.323. The highest BCUT2D eigenvalue weighted by Crippen LogP contribution is 2.22. The van der Waals surface area contributed by atoms with Crippen molar-refractivity contribution in [1.82, 2.24) is 0 Å². The lowest BCUT2D eigenvalue weighted by Gasteiger charge is -2.10. The van der Waals surface area contributed by atoms with Crippen LogP contribution < -0.4 is 5.73 Å². The van der Waals surface area contributed by atoms with Gasteiger partial charge in [-0.25, -0.2) is 0 Å². The zero-order valence-corrected chi connectivity index (χ0v) is 7.39. The van der Waals surface area contributed by atoms with Crippen molar-refractivity contribution in [3.8, 4) is 0 Å². The summed E-state index contributed by atoms with van der Waals surface area (Å²) in [6, 6.07) is 6.97. The Hall–Kier alpha value is -0.600. The second-order valence-corrected chi connectivity index (χ2v) is 3.01. The Morgan fingerprint density at radius 3 is 2.67 bits per heavy atom. The van der Waals surface area contributed by atoms with Gasteiger partial charge in [0.25, 0.3) is 0 Å². The molecular formula is C9H11ClFN. The number of hydrogen-bond acceptors (Lipinski definition) is 1. The van der Waals surface area contributed by atoms with Crippen LogP contribution in [0, 0.1) is 0 Å². The van der Waals surface area contributed by atoms with Crippen molar-refractivity contribution < 1.29 is 4.39 Å². The summed E-state index contributed by atoms with van der Waals surface area (Å²) in [6.45, 7) is -0.410. The highest BCUT2D eigenvalue weighted by atomic mass is 35.5. The van der Waals surface area contributed by atoms with E-state index in [1.165, 1.54) is 0 Å². The fourth-order valence-corrected chi connectivity index (χ4v) is 1.32. The van der Waals surface area contributed by atoms with Crippen LogP contribution >= 0.6 is 11.6 Å². The number of hydrogen-bond donors (Lipinski definition) is 1. The molecule has 0 bridgehead atoms. The summed E-state index contributed by atoms with van der Waals surface area (Å²) in [4.78, 5) is 0. The third-order valence-corrected chi connectivity index (χ3v) is 2.07. The van der Waals surface area contributed by atoms with Crippen LogP contribution in [-0.4, -0.2) is 6.67 Å². The van der Waals surface area contributed by atoms with Gasteiger partial charge in [-0.3, -0.25) is 4.39 Å². The molecule has 12 heavy (non-hydrogen) atoms. The van der Waals surface area contributed by atoms with Crippen LogP contribution in [0.1, 0.15) is 18.0 Å². The molecule has 0 saturated heterocycles. The van der Waals surface area contributed by atoms with Gasteiger partial charge >= 0.3 is 0 Å². The lowest BCUT2D eigenvalue weighted by molar-refractivity contribution is 0.442. The van der Waals surface area contributed by atoms with Gasteiger partial charge in [0.2, 0.25) is 0 Å². The predicted molar refractivity (Wildman–Crippen MR) is 49.0 cm³/mol. The molecule has 3 heteroatoms. The normalized spacial score (nSPS) is 12.9. The predicted octanol–water partition coefficient (Wildman–Crippen LogP) is 2.70. The van der Waals surface area contributed by atoms with Crippen LogP contribution in [0.2, 0.25) is 5.02 Å². The molecule has 0 fully saturated rings. The third-order valence-electron chi connectivity index (χ3n) is 1.72. The minimum Gasteiger partial charge on any atom is -0.324 e. The maximum Gasteiger partial charge on any atom is 0.0912 e. The van der Waals surface area contributed by atoms with Gasteiger partial charge in [0, 0.05) is 11.1 Å². The number of rotatable bonds is 3. The maximum absolute atomic E-state index is 11.9. The van der Waals surface area contributed by atoms with Gasteiger partial charge in [0.15, 0.2) is 0 Å². The molecule has 1 rings (SSSR count). The summed E-state index contributed by atoms with van der Waals surface area (Å²) < 4.78 is 11.9. The summed E-state index contributed by atoms with van der Waals surface area (Å²) in [5.41, 5.74) is 6.50. The van der Waals surface area contributed by atoms with Gasteiger partial charge in [-0.2, -0.15) is 0 Å². The fraction of sp³-hybridized carbons (Fsp3) is 0.333. The van der Waals surface area contributed by atoms with E-state index in [0.717, 1.165) is 5.56 Å². The van der Waals surface area contributed by atoms with Crippen LogP contribution in [0.15, 0.2) is 24.3 Å². The zero-order chi connectivity index (χ0) is 8.97. The molecule has 2 N–H and O–H groups in total. The van der Waals surface area contributed by atoms with Crippen LogP contribution in [0.4, 0.5) is 4.39 Å². The number of benzene rings is 1. The van der Waals surface area contributed by atoms with Gasteiger partial charge in [-0.1, -0.05) is 29.8 Å². The van der Waals surface area contributed by atoms with Gasteiger partial charge < -0.3 is 5.73 Å². The third kappa shape index (κ3) is 2.19. The molecule has 0 amide bonds. The van der Waals surface area contributed by atoms with Crippen LogP contribution in [-0.2, 0) is 0 Å². The molecule has 0 radical (unpaired) electrons. The van der Waals surface area contributed by atoms with E-state index in [-0.39, 0.29) is 6.04 Å². The highest BCUT2D eigenvalue weighted by molar-refractivity contribution is 6.31. The Morgan fingerprint density at radius 2 is 2.08 bits per heavy atom. The van der Waals surface area contributed by atoms with E-state index in [9.17, 15) is 4.39 Å². The van der Waals surface area contributed by atoms with Gasteiger partial charge in [-0.15, -0.1) is 0 Å². The summed E-state index contributed by atoms with van der Waals surface area (Å²) in [7, 11) is 0. The molecule has 0 heterocycles. The van der Waals surface area contributed by atoms with E-state index in [1.54, 1.807) is 6.07 Å². The van der Waals surface area contributed by atoms with Crippen molar-refractivity contribution in [1.29, 1.82) is 0 Å². The van der Waals surface area contributed by atoms with Crippen molar-refractivity contribution in [2.75, 3.05) is 6.67 Å². The topological polar surface area (TPSA) is 26.0 Å². The second kappa shape index (κ2) is 4.43. The van der Waals surface area contributed by atoms with Crippen molar-refractivity contribution in [2.24, 2.45) is 5.73 Å². The first-order valence-corrected chi connectivity index (χ1v) is 4.19. The minimum atomic E-state index is -0.410. The fourth-order valence-electron chi connectivity index (χ4n) is 1.05. The summed E-state index contributed by atoms with van der Waals surface area (Å²) in [5.74, 6) is 0. The Kier molecular flexibility index (Phi) is 3.50. The molecule has 0 saturated carbocycles. The molecule has 0 unspecified atom stereocenters. The van der Waals surface area contributed by atoms with Crippen molar-refractivity contribution >= 4 is 11.6 Å². The lowest BCUT2D eigenvalue weighted by atomic mass is 10.1. The average Bonchev–Trinajstić information content (AvgIpc) is 2.05. The summed E-state index contributed by atoms with van der Waals surface area (Å²) in [5, 5.41) is 0.610. The molecule has 0 aliphatic rings. The number of alkyl halides is 1. The molecule has 1 aromatic carbocycles. The molecule has 1 nitrogen and oxygen atoms in total. The first-order valence-electron chi connectivity index (χ1n) is 3.81. The molecule has 0 spiro atoms. The SMILES string of the molecule is N[C@H](CCF)c1ccccc1Cl. The molecule has 0 aromatic heterocycles. The lowest BCUT2D eigenvalue weighted by Crippen LogP contribution is -2.11. The van der Waals surface area contributed by atoms with E-state index >= 15 is 0 Å². The molecule has 1 atom stereocenters. The minimum absolute atomic E-state index is 0.288. The standard InChI is InChI=1S/C9H11ClFN/c10-8-4-2-1-3-7(8)9(12)5-6-11/h1-4,9H,5-6,12H2/t9-/m1/s1. The highest BCUT2D eigenvalue weighted by Gasteiger charge is 2.08. The molecule has 1 aromatic rings. The number of halogens is 2. The summed E-state index contributed by atoms with van der Waals surface area (Å²) >= 11 is 5.85. The molecule has 66 valence electrons.